The molecule has 0 radical (unpaired) electrons. The van der Waals surface area contributed by atoms with Crippen LogP contribution in [0.2, 0.25) is 0 Å². The van der Waals surface area contributed by atoms with Gasteiger partial charge in [0.25, 0.3) is 0 Å². The van der Waals surface area contributed by atoms with Gasteiger partial charge < -0.3 is 0 Å². The Morgan fingerprint density at radius 3 is 2.50 bits per heavy atom. The van der Waals surface area contributed by atoms with Gasteiger partial charge in [-0.15, -0.1) is 0 Å². The maximum atomic E-state index is 3.96. The topological polar surface area (TPSA) is 0 Å². The molecule has 0 fully saturated rings. The summed E-state index contributed by atoms with van der Waals surface area (Å²) < 4.78 is 0. The molecule has 0 aromatic carbocycles. The van der Waals surface area contributed by atoms with Crippen LogP contribution < -0.4 is 0 Å². The van der Waals surface area contributed by atoms with E-state index < -0.39 is 0 Å². The van der Waals surface area contributed by atoms with E-state index in [1.54, 1.807) is 0 Å². The Balaban J connectivity index is 2.97. The van der Waals surface area contributed by atoms with Crippen molar-refractivity contribution in [2.75, 3.05) is 0 Å². The van der Waals surface area contributed by atoms with E-state index in [1.807, 2.05) is 0 Å². The summed E-state index contributed by atoms with van der Waals surface area (Å²) in [6.07, 6.45) is 7.69. The van der Waals surface area contributed by atoms with E-state index in [-0.39, 0.29) is 0 Å². The first-order chi connectivity index (χ1) is 5.59. The molecule has 0 bridgehead atoms. The molecule has 1 rings (SSSR count). The molecule has 0 spiro atoms. The van der Waals surface area contributed by atoms with Crippen molar-refractivity contribution in [3.63, 3.8) is 0 Å². The fourth-order valence-electron chi connectivity index (χ4n) is 1.36. The second-order valence-electron chi connectivity index (χ2n) is 3.49. The highest BCUT2D eigenvalue weighted by Gasteiger charge is 2.00. The first kappa shape index (κ1) is 9.05. The molecule has 0 heteroatoms. The zero-order valence-corrected chi connectivity index (χ0v) is 8.15. The maximum absolute atomic E-state index is 3.96. The van der Waals surface area contributed by atoms with Gasteiger partial charge in [0.05, 0.1) is 0 Å². The molecule has 0 aromatic rings. The zero-order chi connectivity index (χ0) is 9.14. The molecule has 0 saturated heterocycles. The van der Waals surface area contributed by atoms with Crippen LogP contribution in [0.15, 0.2) is 47.1 Å². The SMILES string of the molecule is C=C(C)C1=CC(C)=CC(C)=CC1. The Morgan fingerprint density at radius 1 is 1.25 bits per heavy atom. The highest BCUT2D eigenvalue weighted by Crippen LogP contribution is 2.20. The van der Waals surface area contributed by atoms with Gasteiger partial charge in [0.2, 0.25) is 0 Å². The first-order valence-corrected chi connectivity index (χ1v) is 4.31. The van der Waals surface area contributed by atoms with Crippen LogP contribution in [0.25, 0.3) is 0 Å². The molecule has 0 nitrogen and oxygen atoms in total. The average Bonchev–Trinajstić information content (AvgIpc) is 2.11. The van der Waals surface area contributed by atoms with Gasteiger partial charge in [0.15, 0.2) is 0 Å². The maximum Gasteiger partial charge on any atom is -0.00892 e. The Morgan fingerprint density at radius 2 is 1.92 bits per heavy atom. The standard InChI is InChI=1S/C12H16/c1-9(2)12-6-5-10(3)7-11(4)8-12/h5,7-8H,1,6H2,2-4H3. The third-order valence-corrected chi connectivity index (χ3v) is 2.05. The predicted molar refractivity (Wildman–Crippen MR) is 55.0 cm³/mol. The average molecular weight is 160 g/mol. The lowest BCUT2D eigenvalue weighted by atomic mass is 10.0. The number of allylic oxidation sites excluding steroid dienone is 7. The van der Waals surface area contributed by atoms with E-state index in [0.29, 0.717) is 0 Å². The van der Waals surface area contributed by atoms with Crippen LogP contribution in [-0.4, -0.2) is 0 Å². The lowest BCUT2D eigenvalue weighted by molar-refractivity contribution is 1.20. The van der Waals surface area contributed by atoms with E-state index in [9.17, 15) is 0 Å². The van der Waals surface area contributed by atoms with Gasteiger partial charge >= 0.3 is 0 Å². The van der Waals surface area contributed by atoms with Crippen molar-refractivity contribution >= 4 is 0 Å². The van der Waals surface area contributed by atoms with Gasteiger partial charge in [0.1, 0.15) is 0 Å². The van der Waals surface area contributed by atoms with Gasteiger partial charge in [-0.1, -0.05) is 41.5 Å². The van der Waals surface area contributed by atoms with Crippen LogP contribution in [0.5, 0.6) is 0 Å². The summed E-state index contributed by atoms with van der Waals surface area (Å²) in [5, 5.41) is 0. The fraction of sp³-hybridized carbons (Fsp3) is 0.333. The molecule has 0 aliphatic heterocycles. The number of hydrogen-bond donors (Lipinski definition) is 0. The molecule has 0 atom stereocenters. The minimum Gasteiger partial charge on any atom is -0.0958 e. The molecule has 0 N–H and O–H groups in total. The fourth-order valence-corrected chi connectivity index (χ4v) is 1.36. The van der Waals surface area contributed by atoms with Crippen molar-refractivity contribution in [1.82, 2.24) is 0 Å². The van der Waals surface area contributed by atoms with E-state index in [1.165, 1.54) is 22.3 Å². The number of hydrogen-bond acceptors (Lipinski definition) is 0. The van der Waals surface area contributed by atoms with Crippen LogP contribution in [0.3, 0.4) is 0 Å². The van der Waals surface area contributed by atoms with E-state index in [2.05, 4.69) is 45.6 Å². The van der Waals surface area contributed by atoms with Gasteiger partial charge in [0, 0.05) is 0 Å². The lowest BCUT2D eigenvalue weighted by Gasteiger charge is -2.01. The van der Waals surface area contributed by atoms with Crippen LogP contribution in [-0.2, 0) is 0 Å². The van der Waals surface area contributed by atoms with Gasteiger partial charge in [-0.2, -0.15) is 0 Å². The largest absolute Gasteiger partial charge is 0.0958 e. The van der Waals surface area contributed by atoms with Crippen LogP contribution in [0, 0.1) is 0 Å². The minimum atomic E-state index is 1.02. The van der Waals surface area contributed by atoms with Gasteiger partial charge in [-0.25, -0.2) is 0 Å². The molecule has 64 valence electrons. The van der Waals surface area contributed by atoms with Crippen LogP contribution in [0.1, 0.15) is 27.2 Å². The monoisotopic (exact) mass is 160 g/mol. The van der Waals surface area contributed by atoms with Gasteiger partial charge in [-0.3, -0.25) is 0 Å². The van der Waals surface area contributed by atoms with Crippen molar-refractivity contribution in [1.29, 1.82) is 0 Å². The summed E-state index contributed by atoms with van der Waals surface area (Å²) in [6.45, 7) is 10.3. The van der Waals surface area contributed by atoms with E-state index in [0.717, 1.165) is 6.42 Å². The normalized spacial score (nSPS) is 17.4. The zero-order valence-electron chi connectivity index (χ0n) is 8.15. The molecule has 12 heavy (non-hydrogen) atoms. The van der Waals surface area contributed by atoms with Crippen LogP contribution in [0.4, 0.5) is 0 Å². The third kappa shape index (κ3) is 2.23. The second-order valence-corrected chi connectivity index (χ2v) is 3.49. The molecular formula is C12H16. The van der Waals surface area contributed by atoms with Crippen molar-refractivity contribution < 1.29 is 0 Å². The van der Waals surface area contributed by atoms with E-state index in [4.69, 9.17) is 0 Å². The third-order valence-electron chi connectivity index (χ3n) is 2.05. The summed E-state index contributed by atoms with van der Waals surface area (Å²) >= 11 is 0. The Bertz CT molecular complexity index is 285. The highest BCUT2D eigenvalue weighted by molar-refractivity contribution is 5.41. The first-order valence-electron chi connectivity index (χ1n) is 4.31. The molecule has 0 aromatic heterocycles. The van der Waals surface area contributed by atoms with Gasteiger partial charge in [-0.05, 0) is 32.8 Å². The molecule has 0 amide bonds. The predicted octanol–water partition coefficient (Wildman–Crippen LogP) is 3.79. The quantitative estimate of drug-likeness (QED) is 0.547. The Hall–Kier alpha value is -1.04. The Kier molecular flexibility index (Phi) is 2.69. The molecule has 1 aliphatic carbocycles. The second kappa shape index (κ2) is 3.57. The van der Waals surface area contributed by atoms with Crippen molar-refractivity contribution in [3.05, 3.63) is 47.1 Å². The lowest BCUT2D eigenvalue weighted by Crippen LogP contribution is -1.81. The van der Waals surface area contributed by atoms with Crippen LogP contribution >= 0.6 is 0 Å². The van der Waals surface area contributed by atoms with Crippen molar-refractivity contribution in [2.45, 2.75) is 27.2 Å². The smallest absolute Gasteiger partial charge is 0.00892 e. The highest BCUT2D eigenvalue weighted by atomic mass is 14.1. The van der Waals surface area contributed by atoms with Crippen molar-refractivity contribution in [2.24, 2.45) is 0 Å². The molecule has 1 aliphatic rings. The molecule has 0 unspecified atom stereocenters. The molecule has 0 heterocycles. The number of rotatable bonds is 1. The molecular weight excluding hydrogens is 144 g/mol. The summed E-state index contributed by atoms with van der Waals surface area (Å²) in [5.41, 5.74) is 5.19. The van der Waals surface area contributed by atoms with Crippen molar-refractivity contribution in [3.8, 4) is 0 Å². The molecule has 0 saturated carbocycles. The Labute approximate surface area is 75.0 Å². The summed E-state index contributed by atoms with van der Waals surface area (Å²) in [4.78, 5) is 0. The summed E-state index contributed by atoms with van der Waals surface area (Å²) in [7, 11) is 0. The van der Waals surface area contributed by atoms with E-state index >= 15 is 0 Å². The summed E-state index contributed by atoms with van der Waals surface area (Å²) in [6, 6.07) is 0. The minimum absolute atomic E-state index is 1.02. The summed E-state index contributed by atoms with van der Waals surface area (Å²) in [5.74, 6) is 0.